The zero-order valence-electron chi connectivity index (χ0n) is 10.3. The fourth-order valence-electron chi connectivity index (χ4n) is 1.80. The van der Waals surface area contributed by atoms with Gasteiger partial charge in [0, 0.05) is 13.2 Å². The fourth-order valence-corrected chi connectivity index (χ4v) is 1.80. The van der Waals surface area contributed by atoms with Crippen LogP contribution < -0.4 is 9.64 Å². The van der Waals surface area contributed by atoms with Crippen LogP contribution >= 0.6 is 0 Å². The summed E-state index contributed by atoms with van der Waals surface area (Å²) in [5.41, 5.74) is 1.41. The normalized spacial score (nSPS) is 9.89. The van der Waals surface area contributed by atoms with Gasteiger partial charge in [0.1, 0.15) is 11.6 Å². The summed E-state index contributed by atoms with van der Waals surface area (Å²) in [5.74, 6) is 1.35. The molecule has 2 aromatic rings. The van der Waals surface area contributed by atoms with Gasteiger partial charge in [-0.1, -0.05) is 12.1 Å². The van der Waals surface area contributed by atoms with Gasteiger partial charge in [-0.3, -0.25) is 4.79 Å². The van der Waals surface area contributed by atoms with Crippen molar-refractivity contribution in [1.29, 1.82) is 0 Å². The highest BCUT2D eigenvalue weighted by Gasteiger charge is 2.13. The van der Waals surface area contributed by atoms with Gasteiger partial charge in [0.05, 0.1) is 18.4 Å². The third-order valence-electron chi connectivity index (χ3n) is 2.71. The van der Waals surface area contributed by atoms with E-state index in [1.165, 1.54) is 0 Å². The van der Waals surface area contributed by atoms with E-state index in [-0.39, 0.29) is 0 Å². The van der Waals surface area contributed by atoms with Crippen molar-refractivity contribution in [3.63, 3.8) is 0 Å². The second-order valence-electron chi connectivity index (χ2n) is 3.76. The van der Waals surface area contributed by atoms with Crippen molar-refractivity contribution >= 4 is 17.8 Å². The Hall–Kier alpha value is -2.36. The zero-order valence-corrected chi connectivity index (χ0v) is 10.3. The molecule has 1 aromatic heterocycles. The first-order valence-corrected chi connectivity index (χ1v) is 5.55. The molecule has 0 aliphatic heterocycles. The van der Waals surface area contributed by atoms with E-state index >= 15 is 0 Å². The summed E-state index contributed by atoms with van der Waals surface area (Å²) < 4.78 is 5.30. The van der Waals surface area contributed by atoms with Crippen LogP contribution in [0.15, 0.2) is 42.6 Å². The number of aldehydes is 1. The Morgan fingerprint density at radius 3 is 2.72 bits per heavy atom. The first kappa shape index (κ1) is 12.1. The number of pyridine rings is 1. The third kappa shape index (κ3) is 2.18. The second-order valence-corrected chi connectivity index (χ2v) is 3.76. The molecule has 0 N–H and O–H groups in total. The molecule has 4 nitrogen and oxygen atoms in total. The van der Waals surface area contributed by atoms with Gasteiger partial charge in [-0.25, -0.2) is 4.98 Å². The largest absolute Gasteiger partial charge is 0.495 e. The fraction of sp³-hybridized carbons (Fsp3) is 0.143. The lowest BCUT2D eigenvalue weighted by Gasteiger charge is -2.21. The summed E-state index contributed by atoms with van der Waals surface area (Å²) in [6, 6.07) is 11.1. The maximum atomic E-state index is 11.0. The van der Waals surface area contributed by atoms with Gasteiger partial charge in [0.15, 0.2) is 6.29 Å². The minimum Gasteiger partial charge on any atom is -0.495 e. The van der Waals surface area contributed by atoms with Crippen molar-refractivity contribution in [3.05, 3.63) is 48.2 Å². The molecule has 0 aliphatic rings. The molecular formula is C14H14N2O2. The minimum absolute atomic E-state index is 0.547. The summed E-state index contributed by atoms with van der Waals surface area (Å²) in [5, 5.41) is 0. The van der Waals surface area contributed by atoms with E-state index in [0.717, 1.165) is 17.7 Å². The number of hydrogen-bond donors (Lipinski definition) is 0. The number of ether oxygens (including phenoxy) is 1. The van der Waals surface area contributed by atoms with Gasteiger partial charge >= 0.3 is 0 Å². The van der Waals surface area contributed by atoms with E-state index in [1.807, 2.05) is 36.2 Å². The molecule has 4 heteroatoms. The molecule has 0 aliphatic carbocycles. The Morgan fingerprint density at radius 2 is 2.00 bits per heavy atom. The predicted octanol–water partition coefficient (Wildman–Crippen LogP) is 2.67. The lowest BCUT2D eigenvalue weighted by molar-refractivity contribution is 0.112. The molecule has 2 rings (SSSR count). The number of carbonyl (C=O) groups excluding carboxylic acids is 1. The lowest BCUT2D eigenvalue weighted by atomic mass is 10.2. The highest BCUT2D eigenvalue weighted by Crippen LogP contribution is 2.32. The van der Waals surface area contributed by atoms with Crippen LogP contribution in [0.4, 0.5) is 11.5 Å². The average Bonchev–Trinajstić information content (AvgIpc) is 2.46. The SMILES string of the molecule is COc1ccccc1N(C)c1ncccc1C=O. The molecule has 0 bridgehead atoms. The van der Waals surface area contributed by atoms with Crippen LogP contribution in [0, 0.1) is 0 Å². The van der Waals surface area contributed by atoms with E-state index in [1.54, 1.807) is 25.4 Å². The Morgan fingerprint density at radius 1 is 1.22 bits per heavy atom. The monoisotopic (exact) mass is 242 g/mol. The van der Waals surface area contributed by atoms with Crippen molar-refractivity contribution in [2.45, 2.75) is 0 Å². The first-order valence-electron chi connectivity index (χ1n) is 5.55. The van der Waals surface area contributed by atoms with E-state index in [4.69, 9.17) is 4.74 Å². The van der Waals surface area contributed by atoms with Crippen LogP contribution in [0.5, 0.6) is 5.75 Å². The molecule has 1 aromatic carbocycles. The van der Waals surface area contributed by atoms with Gasteiger partial charge in [-0.2, -0.15) is 0 Å². The molecule has 18 heavy (non-hydrogen) atoms. The Labute approximate surface area is 106 Å². The number of para-hydroxylation sites is 2. The molecule has 0 atom stereocenters. The predicted molar refractivity (Wildman–Crippen MR) is 70.7 cm³/mol. The Balaban J connectivity index is 2.47. The minimum atomic E-state index is 0.547. The summed E-state index contributed by atoms with van der Waals surface area (Å²) in [4.78, 5) is 17.1. The van der Waals surface area contributed by atoms with Crippen molar-refractivity contribution in [2.75, 3.05) is 19.1 Å². The van der Waals surface area contributed by atoms with Gasteiger partial charge in [0.25, 0.3) is 0 Å². The standard InChI is InChI=1S/C14H14N2O2/c1-16(12-7-3-4-8-13(12)18-2)14-11(10-17)6-5-9-15-14/h3-10H,1-2H3. The first-order chi connectivity index (χ1) is 8.77. The van der Waals surface area contributed by atoms with Crippen LogP contribution in [0.2, 0.25) is 0 Å². The van der Waals surface area contributed by atoms with Crippen LogP contribution in [0.3, 0.4) is 0 Å². The molecule has 92 valence electrons. The molecular weight excluding hydrogens is 228 g/mol. The van der Waals surface area contributed by atoms with Crippen LogP contribution in [-0.2, 0) is 0 Å². The van der Waals surface area contributed by atoms with Crippen molar-refractivity contribution in [3.8, 4) is 5.75 Å². The number of aromatic nitrogens is 1. The van der Waals surface area contributed by atoms with Crippen molar-refractivity contribution in [1.82, 2.24) is 4.98 Å². The number of carbonyl (C=O) groups is 1. The second kappa shape index (κ2) is 5.31. The number of anilines is 2. The Kier molecular flexibility index (Phi) is 3.57. The molecule has 0 spiro atoms. The number of nitrogens with zero attached hydrogens (tertiary/aromatic N) is 2. The zero-order chi connectivity index (χ0) is 13.0. The van der Waals surface area contributed by atoms with Gasteiger partial charge in [-0.15, -0.1) is 0 Å². The summed E-state index contributed by atoms with van der Waals surface area (Å²) in [7, 11) is 3.47. The number of methoxy groups -OCH3 is 1. The maximum absolute atomic E-state index is 11.0. The number of benzene rings is 1. The van der Waals surface area contributed by atoms with E-state index in [9.17, 15) is 4.79 Å². The van der Waals surface area contributed by atoms with Gasteiger partial charge in [-0.05, 0) is 24.3 Å². The summed E-state index contributed by atoms with van der Waals surface area (Å²) in [6.07, 6.45) is 2.46. The van der Waals surface area contributed by atoms with Crippen molar-refractivity contribution < 1.29 is 9.53 Å². The van der Waals surface area contributed by atoms with Crippen LogP contribution in [0.25, 0.3) is 0 Å². The summed E-state index contributed by atoms with van der Waals surface area (Å²) in [6.45, 7) is 0. The van der Waals surface area contributed by atoms with E-state index in [0.29, 0.717) is 11.4 Å². The van der Waals surface area contributed by atoms with Gasteiger partial charge < -0.3 is 9.64 Å². The van der Waals surface area contributed by atoms with Crippen LogP contribution in [-0.4, -0.2) is 25.4 Å². The lowest BCUT2D eigenvalue weighted by Crippen LogP contribution is -2.14. The number of rotatable bonds is 4. The third-order valence-corrected chi connectivity index (χ3v) is 2.71. The molecule has 0 unspecified atom stereocenters. The molecule has 1 heterocycles. The molecule has 0 fully saturated rings. The maximum Gasteiger partial charge on any atom is 0.153 e. The molecule has 0 amide bonds. The van der Waals surface area contributed by atoms with E-state index in [2.05, 4.69) is 4.98 Å². The van der Waals surface area contributed by atoms with Crippen molar-refractivity contribution in [2.24, 2.45) is 0 Å². The smallest absolute Gasteiger partial charge is 0.153 e. The average molecular weight is 242 g/mol. The molecule has 0 radical (unpaired) electrons. The molecule has 0 saturated carbocycles. The number of hydrogen-bond acceptors (Lipinski definition) is 4. The highest BCUT2D eigenvalue weighted by atomic mass is 16.5. The quantitative estimate of drug-likeness (QED) is 0.773. The topological polar surface area (TPSA) is 42.4 Å². The van der Waals surface area contributed by atoms with E-state index < -0.39 is 0 Å². The highest BCUT2D eigenvalue weighted by molar-refractivity contribution is 5.85. The molecule has 0 saturated heterocycles. The Bertz CT molecular complexity index is 555. The summed E-state index contributed by atoms with van der Waals surface area (Å²) >= 11 is 0. The van der Waals surface area contributed by atoms with Crippen LogP contribution in [0.1, 0.15) is 10.4 Å². The van der Waals surface area contributed by atoms with Gasteiger partial charge in [0.2, 0.25) is 0 Å².